The van der Waals surface area contributed by atoms with Crippen molar-refractivity contribution in [2.75, 3.05) is 18.4 Å². The first-order chi connectivity index (χ1) is 8.83. The van der Waals surface area contributed by atoms with Crippen LogP contribution in [0.15, 0.2) is 29.6 Å². The lowest BCUT2D eigenvalue weighted by Gasteiger charge is -2.21. The lowest BCUT2D eigenvalue weighted by molar-refractivity contribution is -0.120. The van der Waals surface area contributed by atoms with Gasteiger partial charge in [-0.1, -0.05) is 0 Å². The summed E-state index contributed by atoms with van der Waals surface area (Å²) in [7, 11) is 0. The third kappa shape index (κ3) is 2.40. The molecule has 0 spiro atoms. The van der Waals surface area contributed by atoms with Gasteiger partial charge in [-0.2, -0.15) is 0 Å². The van der Waals surface area contributed by atoms with Crippen LogP contribution in [-0.2, 0) is 4.79 Å². The van der Waals surface area contributed by atoms with Gasteiger partial charge >= 0.3 is 0 Å². The molecule has 18 heavy (non-hydrogen) atoms. The van der Waals surface area contributed by atoms with Crippen LogP contribution in [0.1, 0.15) is 12.8 Å². The molecule has 1 aromatic heterocycles. The fourth-order valence-corrected chi connectivity index (χ4v) is 3.14. The number of piperidine rings is 1. The standard InChI is InChI=1S/C14H16N2OS/c17-14(11-2-1-6-15-9-11)16-12-3-4-13-10(8-12)5-7-18-13/h3-5,7-8,11,15H,1-2,6,9H2,(H,16,17)/t11-/m0/s1. The Kier molecular flexibility index (Phi) is 3.30. The van der Waals surface area contributed by atoms with E-state index in [0.717, 1.165) is 31.6 Å². The lowest BCUT2D eigenvalue weighted by atomic mass is 9.99. The third-order valence-corrected chi connectivity index (χ3v) is 4.29. The van der Waals surface area contributed by atoms with Crippen molar-refractivity contribution in [3.63, 3.8) is 0 Å². The monoisotopic (exact) mass is 260 g/mol. The van der Waals surface area contributed by atoms with Crippen LogP contribution in [0.2, 0.25) is 0 Å². The summed E-state index contributed by atoms with van der Waals surface area (Å²) in [6.07, 6.45) is 2.07. The number of amides is 1. The van der Waals surface area contributed by atoms with Gasteiger partial charge in [-0.25, -0.2) is 0 Å². The van der Waals surface area contributed by atoms with Gasteiger partial charge in [0.25, 0.3) is 0 Å². The predicted molar refractivity (Wildman–Crippen MR) is 76.0 cm³/mol. The highest BCUT2D eigenvalue weighted by Gasteiger charge is 2.20. The van der Waals surface area contributed by atoms with E-state index in [1.807, 2.05) is 12.1 Å². The summed E-state index contributed by atoms with van der Waals surface area (Å²) in [5.74, 6) is 0.244. The first-order valence-electron chi connectivity index (χ1n) is 6.32. The maximum absolute atomic E-state index is 12.1. The van der Waals surface area contributed by atoms with E-state index in [-0.39, 0.29) is 11.8 Å². The molecule has 1 aliphatic heterocycles. The summed E-state index contributed by atoms with van der Waals surface area (Å²) in [5.41, 5.74) is 0.900. The Morgan fingerprint density at radius 1 is 1.39 bits per heavy atom. The minimum absolute atomic E-state index is 0.108. The second-order valence-corrected chi connectivity index (χ2v) is 5.65. The minimum Gasteiger partial charge on any atom is -0.326 e. The Labute approximate surface area is 110 Å². The molecule has 0 unspecified atom stereocenters. The zero-order chi connectivity index (χ0) is 12.4. The van der Waals surface area contributed by atoms with Gasteiger partial charge in [0, 0.05) is 16.9 Å². The first-order valence-corrected chi connectivity index (χ1v) is 7.20. The quantitative estimate of drug-likeness (QED) is 0.871. The van der Waals surface area contributed by atoms with E-state index in [0.29, 0.717) is 0 Å². The van der Waals surface area contributed by atoms with Gasteiger partial charge in [0.05, 0.1) is 5.92 Å². The minimum atomic E-state index is 0.108. The van der Waals surface area contributed by atoms with Crippen molar-refractivity contribution in [2.45, 2.75) is 12.8 Å². The normalized spacial score (nSPS) is 19.9. The molecule has 0 radical (unpaired) electrons. The molecule has 1 aromatic carbocycles. The molecule has 1 aliphatic rings. The Bertz CT molecular complexity index is 558. The largest absolute Gasteiger partial charge is 0.326 e. The number of nitrogens with one attached hydrogen (secondary N) is 2. The summed E-state index contributed by atoms with van der Waals surface area (Å²) < 4.78 is 1.26. The van der Waals surface area contributed by atoms with Gasteiger partial charge in [-0.15, -0.1) is 11.3 Å². The van der Waals surface area contributed by atoms with Gasteiger partial charge in [0.1, 0.15) is 0 Å². The summed E-state index contributed by atoms with van der Waals surface area (Å²) in [6.45, 7) is 1.83. The van der Waals surface area contributed by atoms with E-state index >= 15 is 0 Å². The van der Waals surface area contributed by atoms with Crippen molar-refractivity contribution in [3.8, 4) is 0 Å². The Hall–Kier alpha value is -1.39. The number of benzene rings is 1. The Morgan fingerprint density at radius 3 is 3.17 bits per heavy atom. The molecule has 1 fully saturated rings. The van der Waals surface area contributed by atoms with Crippen molar-refractivity contribution in [1.29, 1.82) is 0 Å². The van der Waals surface area contributed by atoms with Crippen molar-refractivity contribution in [1.82, 2.24) is 5.32 Å². The van der Waals surface area contributed by atoms with Crippen molar-refractivity contribution < 1.29 is 4.79 Å². The van der Waals surface area contributed by atoms with Gasteiger partial charge in [0.2, 0.25) is 5.91 Å². The number of anilines is 1. The molecule has 0 saturated carbocycles. The van der Waals surface area contributed by atoms with Gasteiger partial charge in [-0.05, 0) is 54.4 Å². The molecule has 3 rings (SSSR count). The summed E-state index contributed by atoms with van der Waals surface area (Å²) in [5, 5.41) is 9.55. The van der Waals surface area contributed by atoms with Crippen LogP contribution in [0.5, 0.6) is 0 Å². The van der Waals surface area contributed by atoms with Crippen molar-refractivity contribution >= 4 is 33.0 Å². The van der Waals surface area contributed by atoms with Crippen molar-refractivity contribution in [3.05, 3.63) is 29.6 Å². The molecule has 2 N–H and O–H groups in total. The second kappa shape index (κ2) is 5.08. The van der Waals surface area contributed by atoms with Gasteiger partial charge in [-0.3, -0.25) is 4.79 Å². The molecule has 94 valence electrons. The van der Waals surface area contributed by atoms with Crippen LogP contribution in [0.3, 0.4) is 0 Å². The summed E-state index contributed by atoms with van der Waals surface area (Å²) >= 11 is 1.72. The molecule has 0 bridgehead atoms. The molecular weight excluding hydrogens is 244 g/mol. The lowest BCUT2D eigenvalue weighted by Crippen LogP contribution is -2.37. The molecule has 1 saturated heterocycles. The number of fused-ring (bicyclic) bond motifs is 1. The summed E-state index contributed by atoms with van der Waals surface area (Å²) in [6, 6.07) is 8.17. The fourth-order valence-electron chi connectivity index (χ4n) is 2.36. The fraction of sp³-hybridized carbons (Fsp3) is 0.357. The highest BCUT2D eigenvalue weighted by atomic mass is 32.1. The topological polar surface area (TPSA) is 41.1 Å². The maximum atomic E-state index is 12.1. The van der Waals surface area contributed by atoms with E-state index in [4.69, 9.17) is 0 Å². The number of hydrogen-bond acceptors (Lipinski definition) is 3. The maximum Gasteiger partial charge on any atom is 0.228 e. The molecular formula is C14H16N2OS. The van der Waals surface area contributed by atoms with Gasteiger partial charge in [0.15, 0.2) is 0 Å². The Balaban J connectivity index is 1.72. The van der Waals surface area contributed by atoms with Gasteiger partial charge < -0.3 is 10.6 Å². The number of hydrogen-bond donors (Lipinski definition) is 2. The van der Waals surface area contributed by atoms with Crippen molar-refractivity contribution in [2.24, 2.45) is 5.92 Å². The van der Waals surface area contributed by atoms with Crippen LogP contribution < -0.4 is 10.6 Å². The molecule has 2 heterocycles. The Morgan fingerprint density at radius 2 is 2.33 bits per heavy atom. The number of carbonyl (C=O) groups is 1. The van der Waals surface area contributed by atoms with E-state index in [1.165, 1.54) is 10.1 Å². The van der Waals surface area contributed by atoms with Crippen LogP contribution in [0, 0.1) is 5.92 Å². The highest BCUT2D eigenvalue weighted by Crippen LogP contribution is 2.24. The van der Waals surface area contributed by atoms with Crippen LogP contribution >= 0.6 is 11.3 Å². The molecule has 1 atom stereocenters. The smallest absolute Gasteiger partial charge is 0.228 e. The SMILES string of the molecule is O=C(Nc1ccc2sccc2c1)[C@H]1CCCNC1. The van der Waals surface area contributed by atoms with Crippen LogP contribution in [0.4, 0.5) is 5.69 Å². The summed E-state index contributed by atoms with van der Waals surface area (Å²) in [4.78, 5) is 12.1. The average molecular weight is 260 g/mol. The van der Waals surface area contributed by atoms with E-state index in [1.54, 1.807) is 11.3 Å². The van der Waals surface area contributed by atoms with E-state index < -0.39 is 0 Å². The first kappa shape index (κ1) is 11.7. The van der Waals surface area contributed by atoms with Crippen LogP contribution in [-0.4, -0.2) is 19.0 Å². The highest BCUT2D eigenvalue weighted by molar-refractivity contribution is 7.17. The number of thiophene rings is 1. The zero-order valence-electron chi connectivity index (χ0n) is 10.1. The number of carbonyl (C=O) groups excluding carboxylic acids is 1. The predicted octanol–water partition coefficient (Wildman–Crippen LogP) is 2.84. The molecule has 1 amide bonds. The zero-order valence-corrected chi connectivity index (χ0v) is 10.9. The van der Waals surface area contributed by atoms with Crippen LogP contribution in [0.25, 0.3) is 10.1 Å². The van der Waals surface area contributed by atoms with E-state index in [9.17, 15) is 4.79 Å². The molecule has 2 aromatic rings. The second-order valence-electron chi connectivity index (χ2n) is 4.71. The van der Waals surface area contributed by atoms with E-state index in [2.05, 4.69) is 28.1 Å². The third-order valence-electron chi connectivity index (χ3n) is 3.39. The average Bonchev–Trinajstić information content (AvgIpc) is 2.87. The molecule has 3 nitrogen and oxygen atoms in total. The molecule has 0 aliphatic carbocycles. The number of rotatable bonds is 2. The molecule has 4 heteroatoms.